The quantitative estimate of drug-likeness (QED) is 0.746. The van der Waals surface area contributed by atoms with Crippen molar-refractivity contribution in [3.63, 3.8) is 0 Å². The van der Waals surface area contributed by atoms with Gasteiger partial charge in [0.05, 0.1) is 12.1 Å². The van der Waals surface area contributed by atoms with E-state index in [-0.39, 0.29) is 0 Å². The summed E-state index contributed by atoms with van der Waals surface area (Å²) < 4.78 is 0. The smallest absolute Gasteiger partial charge is 0.104 e. The number of nitrogens with zero attached hydrogens (tertiary/aromatic N) is 2. The van der Waals surface area contributed by atoms with Crippen LogP contribution in [-0.4, -0.2) is 0 Å². The molecule has 1 unspecified atom stereocenters. The van der Waals surface area contributed by atoms with E-state index < -0.39 is 5.41 Å². The van der Waals surface area contributed by atoms with Gasteiger partial charge in [0.1, 0.15) is 5.41 Å². The van der Waals surface area contributed by atoms with Gasteiger partial charge in [0.2, 0.25) is 0 Å². The highest BCUT2D eigenvalue weighted by Crippen LogP contribution is 2.35. The van der Waals surface area contributed by atoms with Crippen LogP contribution in [0, 0.1) is 36.5 Å². The van der Waals surface area contributed by atoms with Crippen LogP contribution in [0.5, 0.6) is 0 Å². The summed E-state index contributed by atoms with van der Waals surface area (Å²) in [6, 6.07) is 10.6. The van der Waals surface area contributed by atoms with Gasteiger partial charge in [0.15, 0.2) is 0 Å². The summed E-state index contributed by atoms with van der Waals surface area (Å²) >= 11 is 0. The lowest BCUT2D eigenvalue weighted by molar-refractivity contribution is 0.682. The molecule has 2 rings (SSSR count). The average Bonchev–Trinajstić information content (AvgIpc) is 2.39. The van der Waals surface area contributed by atoms with E-state index in [1.807, 2.05) is 38.1 Å². The van der Waals surface area contributed by atoms with E-state index in [0.29, 0.717) is 12.0 Å². The standard InChI is InChI=1S/C16H14N2/c1-12-3-4-15(13(2)9-12)16(11-18)7-5-14(10-17)6-8-16/h3-7,9H,8H2,1-2H3. The number of hydrogen-bond acceptors (Lipinski definition) is 2. The van der Waals surface area contributed by atoms with Gasteiger partial charge >= 0.3 is 0 Å². The molecule has 0 spiro atoms. The Hall–Kier alpha value is -2.32. The minimum atomic E-state index is -0.627. The lowest BCUT2D eigenvalue weighted by Crippen LogP contribution is -2.23. The maximum Gasteiger partial charge on any atom is 0.104 e. The van der Waals surface area contributed by atoms with E-state index in [2.05, 4.69) is 18.2 Å². The van der Waals surface area contributed by atoms with Crippen LogP contribution in [-0.2, 0) is 5.41 Å². The average molecular weight is 234 g/mol. The lowest BCUT2D eigenvalue weighted by atomic mass is 9.74. The van der Waals surface area contributed by atoms with E-state index in [1.165, 1.54) is 5.56 Å². The molecule has 0 heterocycles. The van der Waals surface area contributed by atoms with Crippen LogP contribution in [0.15, 0.2) is 42.0 Å². The van der Waals surface area contributed by atoms with E-state index in [0.717, 1.165) is 11.1 Å². The number of benzene rings is 1. The molecule has 0 saturated carbocycles. The highest BCUT2D eigenvalue weighted by Gasteiger charge is 2.31. The van der Waals surface area contributed by atoms with Crippen molar-refractivity contribution in [1.29, 1.82) is 10.5 Å². The molecule has 1 aliphatic carbocycles. The summed E-state index contributed by atoms with van der Waals surface area (Å²) in [4.78, 5) is 0. The molecule has 18 heavy (non-hydrogen) atoms. The Balaban J connectivity index is 2.49. The van der Waals surface area contributed by atoms with E-state index in [9.17, 15) is 5.26 Å². The van der Waals surface area contributed by atoms with Crippen molar-refractivity contribution in [2.24, 2.45) is 0 Å². The minimum absolute atomic E-state index is 0.562. The number of aryl methyl sites for hydroxylation is 2. The van der Waals surface area contributed by atoms with E-state index in [4.69, 9.17) is 5.26 Å². The molecule has 88 valence electrons. The lowest BCUT2D eigenvalue weighted by Gasteiger charge is -2.26. The fraction of sp³-hybridized carbons (Fsp3) is 0.250. The second-order valence-corrected chi connectivity index (χ2v) is 4.71. The molecule has 0 saturated heterocycles. The molecule has 0 radical (unpaired) electrons. The largest absolute Gasteiger partial charge is 0.197 e. The summed E-state index contributed by atoms with van der Waals surface area (Å²) in [5.74, 6) is 0. The molecule has 0 amide bonds. The van der Waals surface area contributed by atoms with Crippen LogP contribution in [0.25, 0.3) is 0 Å². The zero-order chi connectivity index (χ0) is 13.2. The third kappa shape index (κ3) is 1.94. The van der Waals surface area contributed by atoms with Crippen LogP contribution >= 0.6 is 0 Å². The van der Waals surface area contributed by atoms with Crippen molar-refractivity contribution in [2.75, 3.05) is 0 Å². The third-order valence-electron chi connectivity index (χ3n) is 3.38. The van der Waals surface area contributed by atoms with Gasteiger partial charge in [-0.2, -0.15) is 10.5 Å². The van der Waals surface area contributed by atoms with Crippen molar-refractivity contribution < 1.29 is 0 Å². The molecule has 0 aromatic heterocycles. The van der Waals surface area contributed by atoms with Gasteiger partial charge < -0.3 is 0 Å². The van der Waals surface area contributed by atoms with Gasteiger partial charge in [-0.3, -0.25) is 0 Å². The Labute approximate surface area is 107 Å². The van der Waals surface area contributed by atoms with Gasteiger partial charge in [0.25, 0.3) is 0 Å². The fourth-order valence-electron chi connectivity index (χ4n) is 2.38. The molecule has 0 fully saturated rings. The topological polar surface area (TPSA) is 47.6 Å². The van der Waals surface area contributed by atoms with Crippen molar-refractivity contribution in [3.05, 3.63) is 58.7 Å². The summed E-state index contributed by atoms with van der Waals surface area (Å²) in [6.07, 6.45) is 5.99. The van der Waals surface area contributed by atoms with Gasteiger partial charge in [-0.05, 0) is 37.5 Å². The first kappa shape index (κ1) is 12.1. The summed E-state index contributed by atoms with van der Waals surface area (Å²) in [6.45, 7) is 4.07. The molecule has 1 atom stereocenters. The number of nitriles is 2. The molecule has 0 aliphatic heterocycles. The summed E-state index contributed by atoms with van der Waals surface area (Å²) in [7, 11) is 0. The number of allylic oxidation sites excluding steroid dienone is 4. The minimum Gasteiger partial charge on any atom is -0.197 e. The third-order valence-corrected chi connectivity index (χ3v) is 3.38. The van der Waals surface area contributed by atoms with Crippen LogP contribution in [0.4, 0.5) is 0 Å². The Kier molecular flexibility index (Phi) is 3.04. The molecule has 1 aromatic rings. The summed E-state index contributed by atoms with van der Waals surface area (Å²) in [5.41, 5.74) is 3.34. The Morgan fingerprint density at radius 3 is 2.50 bits per heavy atom. The van der Waals surface area contributed by atoms with Gasteiger partial charge in [-0.1, -0.05) is 35.9 Å². The SMILES string of the molecule is Cc1ccc(C2(C#N)C=CC(C#N)=CC2)c(C)c1. The highest BCUT2D eigenvalue weighted by molar-refractivity contribution is 5.50. The maximum atomic E-state index is 9.53. The monoisotopic (exact) mass is 234 g/mol. The molecule has 0 bridgehead atoms. The predicted molar refractivity (Wildman–Crippen MR) is 70.7 cm³/mol. The molecule has 2 nitrogen and oxygen atoms in total. The molecular weight excluding hydrogens is 220 g/mol. The predicted octanol–water partition coefficient (Wildman–Crippen LogP) is 3.47. The van der Waals surface area contributed by atoms with Crippen molar-refractivity contribution in [2.45, 2.75) is 25.7 Å². The second kappa shape index (κ2) is 4.51. The molecular formula is C16H14N2. The van der Waals surface area contributed by atoms with Crippen molar-refractivity contribution in [3.8, 4) is 12.1 Å². The first-order valence-electron chi connectivity index (χ1n) is 5.90. The normalized spacial score (nSPS) is 21.9. The fourth-order valence-corrected chi connectivity index (χ4v) is 2.38. The first-order valence-corrected chi connectivity index (χ1v) is 5.90. The van der Waals surface area contributed by atoms with Crippen molar-refractivity contribution in [1.82, 2.24) is 0 Å². The van der Waals surface area contributed by atoms with Gasteiger partial charge in [0, 0.05) is 5.57 Å². The van der Waals surface area contributed by atoms with Crippen molar-refractivity contribution >= 4 is 0 Å². The summed E-state index contributed by atoms with van der Waals surface area (Å²) in [5, 5.41) is 18.4. The Morgan fingerprint density at radius 1 is 1.22 bits per heavy atom. The number of rotatable bonds is 1. The van der Waals surface area contributed by atoms with Crippen LogP contribution in [0.2, 0.25) is 0 Å². The Bertz CT molecular complexity index is 623. The zero-order valence-corrected chi connectivity index (χ0v) is 10.6. The van der Waals surface area contributed by atoms with Crippen LogP contribution in [0.3, 0.4) is 0 Å². The second-order valence-electron chi connectivity index (χ2n) is 4.71. The van der Waals surface area contributed by atoms with Gasteiger partial charge in [-0.15, -0.1) is 0 Å². The first-order chi connectivity index (χ1) is 8.61. The maximum absolute atomic E-state index is 9.53. The van der Waals surface area contributed by atoms with Crippen LogP contribution in [0.1, 0.15) is 23.1 Å². The van der Waals surface area contributed by atoms with Crippen LogP contribution < -0.4 is 0 Å². The zero-order valence-electron chi connectivity index (χ0n) is 10.6. The van der Waals surface area contributed by atoms with Gasteiger partial charge in [-0.25, -0.2) is 0 Å². The number of hydrogen-bond donors (Lipinski definition) is 0. The molecule has 0 N–H and O–H groups in total. The Morgan fingerprint density at radius 2 is 2.00 bits per heavy atom. The molecule has 2 heteroatoms. The van der Waals surface area contributed by atoms with E-state index >= 15 is 0 Å². The van der Waals surface area contributed by atoms with E-state index in [1.54, 1.807) is 6.08 Å². The molecule has 1 aliphatic rings. The molecule has 1 aromatic carbocycles. The highest BCUT2D eigenvalue weighted by atomic mass is 14.4.